The Balaban J connectivity index is 1.74. The summed E-state index contributed by atoms with van der Waals surface area (Å²) >= 11 is 0. The molecule has 0 fully saturated rings. The van der Waals surface area contributed by atoms with Gasteiger partial charge in [0.15, 0.2) is 0 Å². The Morgan fingerprint density at radius 3 is 2.30 bits per heavy atom. The number of benzene rings is 2. The maximum Gasteiger partial charge on any atom is 0.125 e. The minimum atomic E-state index is -0.522. The van der Waals surface area contributed by atoms with E-state index in [-0.39, 0.29) is 0 Å². The first-order valence-corrected chi connectivity index (χ1v) is 6.85. The van der Waals surface area contributed by atoms with Crippen molar-refractivity contribution in [3.05, 3.63) is 60.2 Å². The number of hydrogen-bond donors (Lipinski definition) is 1. The predicted octanol–water partition coefficient (Wildman–Crippen LogP) is 3.59. The van der Waals surface area contributed by atoms with E-state index in [4.69, 9.17) is 9.47 Å². The second kappa shape index (κ2) is 7.56. The molecule has 0 saturated carbocycles. The molecule has 2 aromatic rings. The molecule has 20 heavy (non-hydrogen) atoms. The molecule has 1 unspecified atom stereocenters. The van der Waals surface area contributed by atoms with Crippen LogP contribution in [0, 0.1) is 0 Å². The minimum Gasteiger partial charge on any atom is -0.493 e. The summed E-state index contributed by atoms with van der Waals surface area (Å²) in [5.41, 5.74) is 0.816. The van der Waals surface area contributed by atoms with E-state index >= 15 is 0 Å². The van der Waals surface area contributed by atoms with E-state index in [2.05, 4.69) is 0 Å². The highest BCUT2D eigenvalue weighted by Gasteiger charge is 2.07. The average Bonchev–Trinajstić information content (AvgIpc) is 2.48. The van der Waals surface area contributed by atoms with Gasteiger partial charge in [0.2, 0.25) is 0 Å². The number of rotatable bonds is 7. The Morgan fingerprint density at radius 1 is 0.900 bits per heavy atom. The van der Waals surface area contributed by atoms with Crippen molar-refractivity contribution in [1.29, 1.82) is 0 Å². The Kier molecular flexibility index (Phi) is 5.44. The molecule has 106 valence electrons. The SMILES string of the molecule is CC(O)c1ccccc1OCCCOc1ccccc1. The van der Waals surface area contributed by atoms with Crippen molar-refractivity contribution < 1.29 is 14.6 Å². The number of para-hydroxylation sites is 2. The van der Waals surface area contributed by atoms with Gasteiger partial charge in [0.25, 0.3) is 0 Å². The third-order valence-electron chi connectivity index (χ3n) is 2.93. The van der Waals surface area contributed by atoms with E-state index in [0.29, 0.717) is 13.2 Å². The lowest BCUT2D eigenvalue weighted by atomic mass is 10.1. The van der Waals surface area contributed by atoms with E-state index < -0.39 is 6.10 Å². The van der Waals surface area contributed by atoms with Gasteiger partial charge >= 0.3 is 0 Å². The van der Waals surface area contributed by atoms with Crippen molar-refractivity contribution in [2.45, 2.75) is 19.4 Å². The van der Waals surface area contributed by atoms with Crippen molar-refractivity contribution in [2.24, 2.45) is 0 Å². The minimum absolute atomic E-state index is 0.522. The summed E-state index contributed by atoms with van der Waals surface area (Å²) in [5, 5.41) is 9.65. The molecule has 2 aromatic carbocycles. The zero-order valence-corrected chi connectivity index (χ0v) is 11.7. The Hall–Kier alpha value is -2.00. The molecule has 0 aliphatic rings. The van der Waals surface area contributed by atoms with Gasteiger partial charge < -0.3 is 14.6 Å². The molecule has 3 heteroatoms. The van der Waals surface area contributed by atoms with Gasteiger partial charge in [-0.3, -0.25) is 0 Å². The van der Waals surface area contributed by atoms with Crippen molar-refractivity contribution in [2.75, 3.05) is 13.2 Å². The zero-order valence-electron chi connectivity index (χ0n) is 11.7. The van der Waals surface area contributed by atoms with Crippen LogP contribution < -0.4 is 9.47 Å². The van der Waals surface area contributed by atoms with Gasteiger partial charge in [0.05, 0.1) is 19.3 Å². The van der Waals surface area contributed by atoms with E-state index in [0.717, 1.165) is 23.5 Å². The zero-order chi connectivity index (χ0) is 14.2. The molecule has 0 spiro atoms. The fourth-order valence-electron chi connectivity index (χ4n) is 1.90. The van der Waals surface area contributed by atoms with Crippen LogP contribution in [0.15, 0.2) is 54.6 Å². The molecule has 0 heterocycles. The van der Waals surface area contributed by atoms with Gasteiger partial charge in [-0.2, -0.15) is 0 Å². The molecular formula is C17H20O3. The highest BCUT2D eigenvalue weighted by atomic mass is 16.5. The van der Waals surface area contributed by atoms with E-state index in [1.54, 1.807) is 6.92 Å². The summed E-state index contributed by atoms with van der Waals surface area (Å²) in [5.74, 6) is 1.61. The van der Waals surface area contributed by atoms with Gasteiger partial charge in [0, 0.05) is 12.0 Å². The maximum atomic E-state index is 9.65. The van der Waals surface area contributed by atoms with Crippen LogP contribution in [0.5, 0.6) is 11.5 Å². The van der Waals surface area contributed by atoms with Crippen LogP contribution in [-0.2, 0) is 0 Å². The fourth-order valence-corrected chi connectivity index (χ4v) is 1.90. The van der Waals surface area contributed by atoms with Crippen LogP contribution in [-0.4, -0.2) is 18.3 Å². The summed E-state index contributed by atoms with van der Waals surface area (Å²) in [4.78, 5) is 0. The van der Waals surface area contributed by atoms with Gasteiger partial charge in [-0.25, -0.2) is 0 Å². The molecule has 0 saturated heterocycles. The Labute approximate surface area is 119 Å². The number of hydrogen-bond acceptors (Lipinski definition) is 3. The van der Waals surface area contributed by atoms with Crippen molar-refractivity contribution in [3.63, 3.8) is 0 Å². The van der Waals surface area contributed by atoms with Crippen LogP contribution in [0.4, 0.5) is 0 Å². The lowest BCUT2D eigenvalue weighted by Crippen LogP contribution is -2.06. The van der Waals surface area contributed by atoms with Crippen molar-refractivity contribution in [3.8, 4) is 11.5 Å². The fraction of sp³-hybridized carbons (Fsp3) is 0.294. The predicted molar refractivity (Wildman–Crippen MR) is 79.1 cm³/mol. The average molecular weight is 272 g/mol. The first-order chi connectivity index (χ1) is 9.77. The molecule has 0 radical (unpaired) electrons. The Bertz CT molecular complexity index is 509. The van der Waals surface area contributed by atoms with Gasteiger partial charge in [-0.15, -0.1) is 0 Å². The molecule has 0 aliphatic heterocycles. The molecular weight excluding hydrogens is 252 g/mol. The normalized spacial score (nSPS) is 11.9. The molecule has 3 nitrogen and oxygen atoms in total. The molecule has 0 aliphatic carbocycles. The number of ether oxygens (including phenoxy) is 2. The van der Waals surface area contributed by atoms with E-state index in [1.165, 1.54) is 0 Å². The monoisotopic (exact) mass is 272 g/mol. The van der Waals surface area contributed by atoms with Crippen molar-refractivity contribution >= 4 is 0 Å². The highest BCUT2D eigenvalue weighted by Crippen LogP contribution is 2.24. The third kappa shape index (κ3) is 4.28. The summed E-state index contributed by atoms with van der Waals surface area (Å²) in [6.07, 6.45) is 0.273. The largest absolute Gasteiger partial charge is 0.493 e. The molecule has 0 aromatic heterocycles. The van der Waals surface area contributed by atoms with Gasteiger partial charge in [-0.1, -0.05) is 36.4 Å². The second-order valence-corrected chi connectivity index (χ2v) is 4.58. The van der Waals surface area contributed by atoms with Gasteiger partial charge in [-0.05, 0) is 25.1 Å². The second-order valence-electron chi connectivity index (χ2n) is 4.58. The van der Waals surface area contributed by atoms with E-state index in [1.807, 2.05) is 54.6 Å². The number of aliphatic hydroxyl groups is 1. The standard InChI is InChI=1S/C17H20O3/c1-14(18)16-10-5-6-11-17(16)20-13-7-12-19-15-8-3-2-4-9-15/h2-6,8-11,14,18H,7,12-13H2,1H3. The highest BCUT2D eigenvalue weighted by molar-refractivity contribution is 5.34. The van der Waals surface area contributed by atoms with E-state index in [9.17, 15) is 5.11 Å². The smallest absolute Gasteiger partial charge is 0.125 e. The van der Waals surface area contributed by atoms with Crippen LogP contribution >= 0.6 is 0 Å². The molecule has 0 amide bonds. The Morgan fingerprint density at radius 2 is 1.55 bits per heavy atom. The third-order valence-corrected chi connectivity index (χ3v) is 2.93. The van der Waals surface area contributed by atoms with Gasteiger partial charge in [0.1, 0.15) is 11.5 Å². The summed E-state index contributed by atoms with van der Waals surface area (Å²) in [6.45, 7) is 2.91. The van der Waals surface area contributed by atoms with Crippen molar-refractivity contribution in [1.82, 2.24) is 0 Å². The summed E-state index contributed by atoms with van der Waals surface area (Å²) in [6, 6.07) is 17.3. The van der Waals surface area contributed by atoms with Crippen LogP contribution in [0.25, 0.3) is 0 Å². The lowest BCUT2D eigenvalue weighted by molar-refractivity contribution is 0.188. The van der Waals surface area contributed by atoms with Crippen LogP contribution in [0.1, 0.15) is 25.0 Å². The first-order valence-electron chi connectivity index (χ1n) is 6.85. The first kappa shape index (κ1) is 14.4. The topological polar surface area (TPSA) is 38.7 Å². The molecule has 1 N–H and O–H groups in total. The number of aliphatic hydroxyl groups excluding tert-OH is 1. The summed E-state index contributed by atoms with van der Waals surface area (Å²) < 4.78 is 11.3. The van der Waals surface area contributed by atoms with Crippen LogP contribution in [0.3, 0.4) is 0 Å². The molecule has 1 atom stereocenters. The quantitative estimate of drug-likeness (QED) is 0.783. The lowest BCUT2D eigenvalue weighted by Gasteiger charge is -2.13. The summed E-state index contributed by atoms with van der Waals surface area (Å²) in [7, 11) is 0. The van der Waals surface area contributed by atoms with Crippen LogP contribution in [0.2, 0.25) is 0 Å². The maximum absolute atomic E-state index is 9.65. The molecule has 2 rings (SSSR count). The molecule has 0 bridgehead atoms.